The van der Waals surface area contributed by atoms with Gasteiger partial charge in [0.05, 0.1) is 6.10 Å². The highest BCUT2D eigenvalue weighted by Crippen LogP contribution is 2.27. The molecule has 1 aliphatic rings. The van der Waals surface area contributed by atoms with Crippen molar-refractivity contribution >= 4 is 28.7 Å². The van der Waals surface area contributed by atoms with Gasteiger partial charge >= 0.3 is 0 Å². The zero-order valence-corrected chi connectivity index (χ0v) is 10.3. The van der Waals surface area contributed by atoms with Gasteiger partial charge in [-0.1, -0.05) is 11.6 Å². The first-order valence-electron chi connectivity index (χ1n) is 5.60. The fourth-order valence-corrected chi connectivity index (χ4v) is 2.28. The SMILES string of the molecule is COC1CCN(c2nc3cc(Cl)ccc3o2)C1. The van der Waals surface area contributed by atoms with Gasteiger partial charge < -0.3 is 14.1 Å². The predicted octanol–water partition coefficient (Wildman–Crippen LogP) is 2.71. The third kappa shape index (κ3) is 1.98. The Morgan fingerprint density at radius 1 is 1.53 bits per heavy atom. The maximum atomic E-state index is 5.92. The summed E-state index contributed by atoms with van der Waals surface area (Å²) in [6, 6.07) is 6.12. The lowest BCUT2D eigenvalue weighted by Crippen LogP contribution is -2.22. The number of hydrogen-bond acceptors (Lipinski definition) is 4. The first-order valence-corrected chi connectivity index (χ1v) is 5.98. The van der Waals surface area contributed by atoms with Crippen LogP contribution in [0.3, 0.4) is 0 Å². The van der Waals surface area contributed by atoms with E-state index >= 15 is 0 Å². The second-order valence-corrected chi connectivity index (χ2v) is 4.64. The van der Waals surface area contributed by atoms with E-state index in [1.54, 1.807) is 13.2 Å². The first kappa shape index (κ1) is 10.9. The Bertz CT molecular complexity index is 540. The van der Waals surface area contributed by atoms with Gasteiger partial charge in [0.25, 0.3) is 6.01 Å². The summed E-state index contributed by atoms with van der Waals surface area (Å²) in [4.78, 5) is 6.54. The van der Waals surface area contributed by atoms with Gasteiger partial charge in [0, 0.05) is 25.2 Å². The van der Waals surface area contributed by atoms with Crippen molar-refractivity contribution in [3.05, 3.63) is 23.2 Å². The third-order valence-corrected chi connectivity index (χ3v) is 3.32. The number of fused-ring (bicyclic) bond motifs is 1. The number of methoxy groups -OCH3 is 1. The lowest BCUT2D eigenvalue weighted by Gasteiger charge is -2.12. The van der Waals surface area contributed by atoms with Crippen molar-refractivity contribution in [2.75, 3.05) is 25.1 Å². The third-order valence-electron chi connectivity index (χ3n) is 3.09. The minimum absolute atomic E-state index is 0.272. The Hall–Kier alpha value is -1.26. The van der Waals surface area contributed by atoms with Crippen LogP contribution in [-0.2, 0) is 4.74 Å². The number of anilines is 1. The lowest BCUT2D eigenvalue weighted by atomic mass is 10.3. The smallest absolute Gasteiger partial charge is 0.298 e. The van der Waals surface area contributed by atoms with Crippen molar-refractivity contribution in [3.8, 4) is 0 Å². The fourth-order valence-electron chi connectivity index (χ4n) is 2.12. The van der Waals surface area contributed by atoms with Crippen molar-refractivity contribution in [1.29, 1.82) is 0 Å². The average Bonchev–Trinajstić information content (AvgIpc) is 2.93. The van der Waals surface area contributed by atoms with Crippen LogP contribution in [0, 0.1) is 0 Å². The lowest BCUT2D eigenvalue weighted by molar-refractivity contribution is 0.121. The molecule has 0 N–H and O–H groups in total. The molecular formula is C12H13ClN2O2. The van der Waals surface area contributed by atoms with Gasteiger partial charge in [-0.3, -0.25) is 0 Å². The van der Waals surface area contributed by atoms with E-state index < -0.39 is 0 Å². The Balaban J connectivity index is 1.91. The molecule has 17 heavy (non-hydrogen) atoms. The normalized spacial score (nSPS) is 20.4. The van der Waals surface area contributed by atoms with Crippen LogP contribution in [-0.4, -0.2) is 31.3 Å². The molecule has 1 saturated heterocycles. The van der Waals surface area contributed by atoms with Gasteiger partial charge in [0.2, 0.25) is 0 Å². The monoisotopic (exact) mass is 252 g/mol. The van der Waals surface area contributed by atoms with Gasteiger partial charge in [0.1, 0.15) is 5.52 Å². The molecule has 0 bridgehead atoms. The van der Waals surface area contributed by atoms with Crippen molar-refractivity contribution in [2.45, 2.75) is 12.5 Å². The van der Waals surface area contributed by atoms with E-state index in [1.165, 1.54) is 0 Å². The average molecular weight is 253 g/mol. The summed E-state index contributed by atoms with van der Waals surface area (Å²) in [5.74, 6) is 0. The van der Waals surface area contributed by atoms with E-state index in [-0.39, 0.29) is 6.10 Å². The second kappa shape index (κ2) is 4.20. The molecule has 1 atom stereocenters. The molecule has 90 valence electrons. The van der Waals surface area contributed by atoms with Crippen LogP contribution >= 0.6 is 11.6 Å². The number of benzene rings is 1. The maximum absolute atomic E-state index is 5.92. The molecule has 5 heteroatoms. The zero-order chi connectivity index (χ0) is 11.8. The molecule has 4 nitrogen and oxygen atoms in total. The van der Waals surface area contributed by atoms with Crippen molar-refractivity contribution in [2.24, 2.45) is 0 Å². The van der Waals surface area contributed by atoms with Crippen LogP contribution in [0.1, 0.15) is 6.42 Å². The van der Waals surface area contributed by atoms with Gasteiger partial charge in [-0.15, -0.1) is 0 Å². The summed E-state index contributed by atoms with van der Waals surface area (Å²) in [5.41, 5.74) is 1.57. The molecule has 1 unspecified atom stereocenters. The van der Waals surface area contributed by atoms with Gasteiger partial charge in [0.15, 0.2) is 5.58 Å². The van der Waals surface area contributed by atoms with Crippen LogP contribution in [0.25, 0.3) is 11.1 Å². The number of ether oxygens (including phenoxy) is 1. The molecule has 1 aromatic carbocycles. The number of hydrogen-bond donors (Lipinski definition) is 0. The highest BCUT2D eigenvalue weighted by atomic mass is 35.5. The van der Waals surface area contributed by atoms with E-state index in [9.17, 15) is 0 Å². The Kier molecular flexibility index (Phi) is 2.68. The largest absolute Gasteiger partial charge is 0.423 e. The van der Waals surface area contributed by atoms with Crippen molar-refractivity contribution < 1.29 is 9.15 Å². The molecule has 0 radical (unpaired) electrons. The topological polar surface area (TPSA) is 38.5 Å². The highest BCUT2D eigenvalue weighted by Gasteiger charge is 2.25. The Labute approximate surface area is 104 Å². The standard InChI is InChI=1S/C12H13ClN2O2/c1-16-9-4-5-15(7-9)12-14-10-6-8(13)2-3-11(10)17-12/h2-3,6,9H,4-5,7H2,1H3. The fraction of sp³-hybridized carbons (Fsp3) is 0.417. The summed E-state index contributed by atoms with van der Waals surface area (Å²) >= 11 is 5.92. The summed E-state index contributed by atoms with van der Waals surface area (Å²) < 4.78 is 11.0. The molecule has 2 heterocycles. The Morgan fingerprint density at radius 2 is 2.41 bits per heavy atom. The number of aromatic nitrogens is 1. The minimum Gasteiger partial charge on any atom is -0.423 e. The van der Waals surface area contributed by atoms with E-state index in [1.807, 2.05) is 12.1 Å². The van der Waals surface area contributed by atoms with Crippen LogP contribution < -0.4 is 4.90 Å². The molecular weight excluding hydrogens is 240 g/mol. The quantitative estimate of drug-likeness (QED) is 0.824. The molecule has 1 aromatic heterocycles. The Morgan fingerprint density at radius 3 is 3.18 bits per heavy atom. The summed E-state index contributed by atoms with van der Waals surface area (Å²) in [6.07, 6.45) is 1.28. The van der Waals surface area contributed by atoms with Gasteiger partial charge in [-0.05, 0) is 24.6 Å². The molecule has 0 amide bonds. The summed E-state index contributed by atoms with van der Waals surface area (Å²) in [5, 5.41) is 0.675. The van der Waals surface area contributed by atoms with Crippen LogP contribution in [0.2, 0.25) is 5.02 Å². The van der Waals surface area contributed by atoms with E-state index in [0.29, 0.717) is 11.0 Å². The predicted molar refractivity (Wildman–Crippen MR) is 66.6 cm³/mol. The van der Waals surface area contributed by atoms with E-state index in [0.717, 1.165) is 30.6 Å². The molecule has 1 fully saturated rings. The number of halogens is 1. The van der Waals surface area contributed by atoms with E-state index in [2.05, 4.69) is 9.88 Å². The summed E-state index contributed by atoms with van der Waals surface area (Å²) in [7, 11) is 1.74. The van der Waals surface area contributed by atoms with Crippen LogP contribution in [0.4, 0.5) is 6.01 Å². The van der Waals surface area contributed by atoms with Crippen molar-refractivity contribution in [1.82, 2.24) is 4.98 Å². The first-order chi connectivity index (χ1) is 8.26. The molecule has 3 rings (SSSR count). The zero-order valence-electron chi connectivity index (χ0n) is 9.52. The molecule has 0 spiro atoms. The van der Waals surface area contributed by atoms with Crippen LogP contribution in [0.15, 0.2) is 22.6 Å². The number of oxazole rings is 1. The maximum Gasteiger partial charge on any atom is 0.298 e. The molecule has 0 saturated carbocycles. The van der Waals surface area contributed by atoms with Gasteiger partial charge in [-0.2, -0.15) is 4.98 Å². The minimum atomic E-state index is 0.272. The van der Waals surface area contributed by atoms with E-state index in [4.69, 9.17) is 20.8 Å². The van der Waals surface area contributed by atoms with Crippen LogP contribution in [0.5, 0.6) is 0 Å². The second-order valence-electron chi connectivity index (χ2n) is 4.20. The molecule has 1 aliphatic heterocycles. The highest BCUT2D eigenvalue weighted by molar-refractivity contribution is 6.31. The summed E-state index contributed by atoms with van der Waals surface area (Å²) in [6.45, 7) is 1.75. The van der Waals surface area contributed by atoms with Gasteiger partial charge in [-0.25, -0.2) is 0 Å². The molecule has 2 aromatic rings. The number of rotatable bonds is 2. The number of nitrogens with zero attached hydrogens (tertiary/aromatic N) is 2. The molecule has 0 aliphatic carbocycles. The van der Waals surface area contributed by atoms with Crippen molar-refractivity contribution in [3.63, 3.8) is 0 Å².